The smallest absolute Gasteiger partial charge is 0.251 e. The minimum Gasteiger partial charge on any atom is -0.350 e. The number of carbonyl (C=O) groups is 2. The lowest BCUT2D eigenvalue weighted by Gasteiger charge is -2.23. The van der Waals surface area contributed by atoms with Crippen LogP contribution in [-0.2, 0) is 11.3 Å². The second-order valence-electron chi connectivity index (χ2n) is 6.82. The lowest BCUT2D eigenvalue weighted by atomic mass is 10.1. The van der Waals surface area contributed by atoms with E-state index in [0.717, 1.165) is 18.5 Å². The Morgan fingerprint density at radius 2 is 2.15 bits per heavy atom. The molecule has 1 N–H and O–H groups in total. The lowest BCUT2D eigenvalue weighted by Crippen LogP contribution is -2.34. The molecule has 1 unspecified atom stereocenters. The Morgan fingerprint density at radius 1 is 1.31 bits per heavy atom. The summed E-state index contributed by atoms with van der Waals surface area (Å²) >= 11 is 1.70. The zero-order chi connectivity index (χ0) is 18.5. The number of thiophene rings is 1. The molecule has 5 nitrogen and oxygen atoms in total. The van der Waals surface area contributed by atoms with E-state index in [0.29, 0.717) is 25.1 Å². The van der Waals surface area contributed by atoms with Crippen molar-refractivity contribution in [2.45, 2.75) is 25.4 Å². The first-order valence-electron chi connectivity index (χ1n) is 8.89. The lowest BCUT2D eigenvalue weighted by molar-refractivity contribution is -0.128. The van der Waals surface area contributed by atoms with Crippen LogP contribution in [0.1, 0.15) is 39.7 Å². The van der Waals surface area contributed by atoms with Crippen molar-refractivity contribution in [3.63, 3.8) is 0 Å². The molecule has 1 aliphatic heterocycles. The fourth-order valence-electron chi connectivity index (χ4n) is 3.21. The molecule has 1 aliphatic rings. The van der Waals surface area contributed by atoms with Gasteiger partial charge in [0.15, 0.2) is 0 Å². The van der Waals surface area contributed by atoms with Gasteiger partial charge in [-0.2, -0.15) is 0 Å². The van der Waals surface area contributed by atoms with Gasteiger partial charge in [-0.25, -0.2) is 0 Å². The molecule has 1 atom stereocenters. The quantitative estimate of drug-likeness (QED) is 0.814. The van der Waals surface area contributed by atoms with Crippen LogP contribution < -0.4 is 5.32 Å². The third-order valence-corrected chi connectivity index (χ3v) is 5.66. The number of nitrogens with one attached hydrogen (secondary N) is 1. The first kappa shape index (κ1) is 18.6. The molecule has 0 spiro atoms. The molecule has 2 amide bonds. The van der Waals surface area contributed by atoms with Crippen molar-refractivity contribution < 1.29 is 9.59 Å². The summed E-state index contributed by atoms with van der Waals surface area (Å²) in [6, 6.07) is 11.8. The number of hydrogen-bond donors (Lipinski definition) is 1. The van der Waals surface area contributed by atoms with E-state index < -0.39 is 0 Å². The summed E-state index contributed by atoms with van der Waals surface area (Å²) in [6.07, 6.45) is 1.56. The van der Waals surface area contributed by atoms with Crippen LogP contribution >= 0.6 is 11.3 Å². The van der Waals surface area contributed by atoms with Crippen LogP contribution in [0.4, 0.5) is 0 Å². The molecule has 0 radical (unpaired) electrons. The molecule has 1 saturated heterocycles. The van der Waals surface area contributed by atoms with E-state index >= 15 is 0 Å². The zero-order valence-electron chi connectivity index (χ0n) is 15.3. The number of carbonyl (C=O) groups excluding carboxylic acids is 2. The highest BCUT2D eigenvalue weighted by Crippen LogP contribution is 2.22. The Hall–Kier alpha value is -2.18. The van der Waals surface area contributed by atoms with Crippen LogP contribution in [0.15, 0.2) is 41.8 Å². The Labute approximate surface area is 158 Å². The average Bonchev–Trinajstić information content (AvgIpc) is 3.28. The second kappa shape index (κ2) is 8.47. The predicted molar refractivity (Wildman–Crippen MR) is 104 cm³/mol. The molecular weight excluding hydrogens is 346 g/mol. The van der Waals surface area contributed by atoms with Crippen LogP contribution in [0.5, 0.6) is 0 Å². The SMILES string of the molecule is CN(C)C(CNC(=O)c1cccc(CN2CCCC2=O)c1)c1cccs1. The second-order valence-corrected chi connectivity index (χ2v) is 7.80. The summed E-state index contributed by atoms with van der Waals surface area (Å²) in [5.41, 5.74) is 1.63. The number of rotatable bonds is 7. The summed E-state index contributed by atoms with van der Waals surface area (Å²) in [5, 5.41) is 5.10. The molecule has 1 aromatic heterocycles. The third-order valence-electron chi connectivity index (χ3n) is 4.68. The van der Waals surface area contributed by atoms with Crippen molar-refractivity contribution >= 4 is 23.2 Å². The maximum absolute atomic E-state index is 12.6. The topological polar surface area (TPSA) is 52.7 Å². The molecular formula is C20H25N3O2S. The van der Waals surface area contributed by atoms with Gasteiger partial charge in [0.25, 0.3) is 5.91 Å². The Balaban J connectivity index is 1.62. The fraction of sp³-hybridized carbons (Fsp3) is 0.400. The molecule has 0 aliphatic carbocycles. The van der Waals surface area contributed by atoms with Crippen molar-refractivity contribution in [3.05, 3.63) is 57.8 Å². The molecule has 26 heavy (non-hydrogen) atoms. The number of benzene rings is 1. The first-order chi connectivity index (χ1) is 12.5. The van der Waals surface area contributed by atoms with Crippen LogP contribution in [0.25, 0.3) is 0 Å². The van der Waals surface area contributed by atoms with Gasteiger partial charge >= 0.3 is 0 Å². The van der Waals surface area contributed by atoms with E-state index in [4.69, 9.17) is 0 Å². The monoisotopic (exact) mass is 371 g/mol. The van der Waals surface area contributed by atoms with Crippen LogP contribution in [0.2, 0.25) is 0 Å². The molecule has 1 fully saturated rings. The van der Waals surface area contributed by atoms with E-state index in [-0.39, 0.29) is 17.9 Å². The molecule has 3 rings (SSSR count). The summed E-state index contributed by atoms with van der Waals surface area (Å²) in [4.78, 5) is 29.6. The molecule has 1 aromatic carbocycles. The first-order valence-corrected chi connectivity index (χ1v) is 9.77. The maximum Gasteiger partial charge on any atom is 0.251 e. The van der Waals surface area contributed by atoms with Gasteiger partial charge in [0.05, 0.1) is 6.04 Å². The van der Waals surface area contributed by atoms with Gasteiger partial charge in [-0.3, -0.25) is 9.59 Å². The van der Waals surface area contributed by atoms with Gasteiger partial charge in [0.2, 0.25) is 5.91 Å². The van der Waals surface area contributed by atoms with E-state index in [1.807, 2.05) is 49.3 Å². The average molecular weight is 372 g/mol. The van der Waals surface area contributed by atoms with Crippen molar-refractivity contribution in [2.75, 3.05) is 27.2 Å². The van der Waals surface area contributed by atoms with Crippen LogP contribution in [-0.4, -0.2) is 48.8 Å². The standard InChI is InChI=1S/C20H25N3O2S/c1-22(2)17(18-8-5-11-26-18)13-21-20(25)16-7-3-6-15(12-16)14-23-10-4-9-19(23)24/h3,5-8,11-12,17H,4,9-10,13-14H2,1-2H3,(H,21,25). The number of nitrogens with zero attached hydrogens (tertiary/aromatic N) is 2. The number of likely N-dealkylation sites (N-methyl/N-ethyl adjacent to an activating group) is 1. The number of likely N-dealkylation sites (tertiary alicyclic amines) is 1. The molecule has 138 valence electrons. The van der Waals surface area contributed by atoms with Gasteiger partial charge < -0.3 is 15.1 Å². The molecule has 2 aromatic rings. The third kappa shape index (κ3) is 4.51. The minimum atomic E-state index is -0.0806. The fourth-order valence-corrected chi connectivity index (χ4v) is 4.14. The van der Waals surface area contributed by atoms with Gasteiger partial charge in [-0.1, -0.05) is 18.2 Å². The predicted octanol–water partition coefficient (Wildman–Crippen LogP) is 2.90. The highest BCUT2D eigenvalue weighted by atomic mass is 32.1. The Kier molecular flexibility index (Phi) is 6.06. The molecule has 0 saturated carbocycles. The summed E-state index contributed by atoms with van der Waals surface area (Å²) in [6.45, 7) is 1.94. The van der Waals surface area contributed by atoms with Gasteiger partial charge in [-0.05, 0) is 49.7 Å². The number of amides is 2. The van der Waals surface area contributed by atoms with Crippen molar-refractivity contribution in [3.8, 4) is 0 Å². The normalized spacial score (nSPS) is 15.5. The zero-order valence-corrected chi connectivity index (χ0v) is 16.1. The highest BCUT2D eigenvalue weighted by Gasteiger charge is 2.21. The van der Waals surface area contributed by atoms with Crippen LogP contribution in [0, 0.1) is 0 Å². The van der Waals surface area contributed by atoms with E-state index in [1.54, 1.807) is 11.3 Å². The van der Waals surface area contributed by atoms with Gasteiger partial charge in [-0.15, -0.1) is 11.3 Å². The van der Waals surface area contributed by atoms with E-state index in [9.17, 15) is 9.59 Å². The molecule has 6 heteroatoms. The summed E-state index contributed by atoms with van der Waals surface area (Å²) < 4.78 is 0. The van der Waals surface area contributed by atoms with Gasteiger partial charge in [0, 0.05) is 36.5 Å². The summed E-state index contributed by atoms with van der Waals surface area (Å²) in [7, 11) is 4.04. The van der Waals surface area contributed by atoms with Gasteiger partial charge in [0.1, 0.15) is 0 Å². The Bertz CT molecular complexity index is 758. The van der Waals surface area contributed by atoms with E-state index in [2.05, 4.69) is 21.7 Å². The van der Waals surface area contributed by atoms with Crippen LogP contribution in [0.3, 0.4) is 0 Å². The minimum absolute atomic E-state index is 0.0806. The molecule has 0 bridgehead atoms. The Morgan fingerprint density at radius 3 is 2.81 bits per heavy atom. The number of hydrogen-bond acceptors (Lipinski definition) is 4. The molecule has 2 heterocycles. The van der Waals surface area contributed by atoms with Crippen molar-refractivity contribution in [1.82, 2.24) is 15.1 Å². The van der Waals surface area contributed by atoms with Crippen molar-refractivity contribution in [1.29, 1.82) is 0 Å². The van der Waals surface area contributed by atoms with Crippen molar-refractivity contribution in [2.24, 2.45) is 0 Å². The largest absolute Gasteiger partial charge is 0.350 e. The van der Waals surface area contributed by atoms with E-state index in [1.165, 1.54) is 4.88 Å². The highest BCUT2D eigenvalue weighted by molar-refractivity contribution is 7.10. The summed E-state index contributed by atoms with van der Waals surface area (Å²) in [5.74, 6) is 0.118. The maximum atomic E-state index is 12.6.